The number of carbonyl (C=O) groups is 1. The summed E-state index contributed by atoms with van der Waals surface area (Å²) >= 11 is 0. The van der Waals surface area contributed by atoms with Gasteiger partial charge in [0.15, 0.2) is 0 Å². The van der Waals surface area contributed by atoms with Gasteiger partial charge in [-0.25, -0.2) is 4.39 Å². The molecule has 1 atom stereocenters. The number of carbonyl (C=O) groups excluding carboxylic acids is 1. The zero-order valence-corrected chi connectivity index (χ0v) is 12.6. The van der Waals surface area contributed by atoms with E-state index in [0.717, 1.165) is 19.5 Å². The van der Waals surface area contributed by atoms with Crippen molar-refractivity contribution in [1.82, 2.24) is 4.90 Å². The van der Waals surface area contributed by atoms with Crippen molar-refractivity contribution >= 4 is 17.3 Å². The predicted molar refractivity (Wildman–Crippen MR) is 83.6 cm³/mol. The van der Waals surface area contributed by atoms with Crippen LogP contribution in [0.4, 0.5) is 15.8 Å². The number of likely N-dealkylation sites (tertiary alicyclic amines) is 1. The molecular weight excluding hydrogens is 269 g/mol. The van der Waals surface area contributed by atoms with Gasteiger partial charge in [-0.2, -0.15) is 0 Å². The number of nitrogens with zero attached hydrogens (tertiary/aromatic N) is 1. The predicted octanol–water partition coefficient (Wildman–Crippen LogP) is 3.00. The number of amides is 1. The van der Waals surface area contributed by atoms with Crippen molar-refractivity contribution in [3.63, 3.8) is 0 Å². The largest absolute Gasteiger partial charge is 0.396 e. The summed E-state index contributed by atoms with van der Waals surface area (Å²) in [6.07, 6.45) is 5.04. The van der Waals surface area contributed by atoms with Gasteiger partial charge in [-0.15, -0.1) is 0 Å². The molecule has 4 nitrogen and oxygen atoms in total. The molecule has 0 aliphatic carbocycles. The summed E-state index contributed by atoms with van der Waals surface area (Å²) in [5, 5.41) is 2.76. The zero-order chi connectivity index (χ0) is 15.2. The van der Waals surface area contributed by atoms with Crippen LogP contribution in [-0.4, -0.2) is 29.9 Å². The number of benzene rings is 1. The summed E-state index contributed by atoms with van der Waals surface area (Å²) in [6.45, 7) is 4.33. The van der Waals surface area contributed by atoms with Crippen molar-refractivity contribution in [1.29, 1.82) is 0 Å². The van der Waals surface area contributed by atoms with Gasteiger partial charge in [-0.05, 0) is 57.0 Å². The smallest absolute Gasteiger partial charge is 0.224 e. The third kappa shape index (κ3) is 4.43. The lowest BCUT2D eigenvalue weighted by Crippen LogP contribution is -2.30. The van der Waals surface area contributed by atoms with Gasteiger partial charge >= 0.3 is 0 Å². The van der Waals surface area contributed by atoms with Crippen LogP contribution in [0.3, 0.4) is 0 Å². The average Bonchev–Trinajstić information content (AvgIpc) is 2.90. The van der Waals surface area contributed by atoms with E-state index in [2.05, 4.69) is 17.1 Å². The van der Waals surface area contributed by atoms with Gasteiger partial charge in [0.2, 0.25) is 5.91 Å². The second kappa shape index (κ2) is 7.41. The van der Waals surface area contributed by atoms with Crippen LogP contribution in [0, 0.1) is 5.82 Å². The Labute approximate surface area is 125 Å². The summed E-state index contributed by atoms with van der Waals surface area (Å²) in [5.41, 5.74) is 6.08. The molecule has 5 heteroatoms. The topological polar surface area (TPSA) is 58.4 Å². The van der Waals surface area contributed by atoms with Crippen molar-refractivity contribution in [3.8, 4) is 0 Å². The molecule has 1 aliphatic heterocycles. The molecule has 0 radical (unpaired) electrons. The SMILES string of the molecule is CCC1CCCN1CCCC(=O)Nc1ccc(F)c(N)c1. The summed E-state index contributed by atoms with van der Waals surface area (Å²) in [4.78, 5) is 14.3. The number of halogens is 1. The van der Waals surface area contributed by atoms with E-state index in [9.17, 15) is 9.18 Å². The maximum atomic E-state index is 13.0. The number of nitrogens with one attached hydrogen (secondary N) is 1. The lowest BCUT2D eigenvalue weighted by molar-refractivity contribution is -0.116. The zero-order valence-electron chi connectivity index (χ0n) is 12.6. The molecule has 2 rings (SSSR count). The molecule has 1 aromatic rings. The molecule has 1 amide bonds. The first-order valence-electron chi connectivity index (χ1n) is 7.69. The Morgan fingerprint density at radius 3 is 3.05 bits per heavy atom. The van der Waals surface area contributed by atoms with Gasteiger partial charge < -0.3 is 16.0 Å². The third-order valence-corrected chi connectivity index (χ3v) is 4.10. The molecule has 1 aliphatic rings. The minimum atomic E-state index is -0.465. The van der Waals surface area contributed by atoms with Gasteiger partial charge in [0.1, 0.15) is 5.82 Å². The van der Waals surface area contributed by atoms with Crippen LogP contribution >= 0.6 is 0 Å². The quantitative estimate of drug-likeness (QED) is 0.793. The van der Waals surface area contributed by atoms with E-state index in [4.69, 9.17) is 5.73 Å². The molecule has 1 saturated heterocycles. The van der Waals surface area contributed by atoms with E-state index in [0.29, 0.717) is 18.2 Å². The fourth-order valence-corrected chi connectivity index (χ4v) is 2.94. The fourth-order valence-electron chi connectivity index (χ4n) is 2.94. The normalized spacial score (nSPS) is 18.9. The van der Waals surface area contributed by atoms with Crippen molar-refractivity contribution in [2.24, 2.45) is 0 Å². The highest BCUT2D eigenvalue weighted by molar-refractivity contribution is 5.91. The van der Waals surface area contributed by atoms with E-state index < -0.39 is 5.82 Å². The third-order valence-electron chi connectivity index (χ3n) is 4.10. The molecule has 0 saturated carbocycles. The minimum absolute atomic E-state index is 0.0479. The van der Waals surface area contributed by atoms with Crippen molar-refractivity contribution in [2.75, 3.05) is 24.1 Å². The second-order valence-electron chi connectivity index (χ2n) is 5.63. The van der Waals surface area contributed by atoms with Crippen molar-refractivity contribution < 1.29 is 9.18 Å². The fraction of sp³-hybridized carbons (Fsp3) is 0.562. The minimum Gasteiger partial charge on any atom is -0.396 e. The molecule has 0 bridgehead atoms. The maximum Gasteiger partial charge on any atom is 0.224 e. The molecule has 1 fully saturated rings. The Kier molecular flexibility index (Phi) is 5.56. The molecule has 0 aromatic heterocycles. The number of hydrogen-bond donors (Lipinski definition) is 2. The van der Waals surface area contributed by atoms with Gasteiger partial charge in [-0.3, -0.25) is 4.79 Å². The summed E-state index contributed by atoms with van der Waals surface area (Å²) in [6, 6.07) is 4.92. The standard InChI is InChI=1S/C16H24FN3O/c1-2-13-5-3-9-20(13)10-4-6-16(21)19-12-7-8-14(17)15(18)11-12/h7-8,11,13H,2-6,9-10,18H2,1H3,(H,19,21). The number of nitrogens with two attached hydrogens (primary N) is 1. The number of hydrogen-bond acceptors (Lipinski definition) is 3. The van der Waals surface area contributed by atoms with Crippen LogP contribution in [0.15, 0.2) is 18.2 Å². The number of nitrogen functional groups attached to an aromatic ring is 1. The van der Waals surface area contributed by atoms with Crippen LogP contribution < -0.4 is 11.1 Å². The highest BCUT2D eigenvalue weighted by Crippen LogP contribution is 2.20. The molecule has 0 spiro atoms. The first kappa shape index (κ1) is 15.8. The molecule has 3 N–H and O–H groups in total. The van der Waals surface area contributed by atoms with E-state index >= 15 is 0 Å². The summed E-state index contributed by atoms with van der Waals surface area (Å²) < 4.78 is 13.0. The molecule has 116 valence electrons. The molecule has 1 aromatic carbocycles. The van der Waals surface area contributed by atoms with E-state index in [-0.39, 0.29) is 11.6 Å². The summed E-state index contributed by atoms with van der Waals surface area (Å²) in [5.74, 6) is -0.513. The van der Waals surface area contributed by atoms with Crippen molar-refractivity contribution in [3.05, 3.63) is 24.0 Å². The van der Waals surface area contributed by atoms with Gasteiger partial charge in [0.05, 0.1) is 5.69 Å². The Balaban J connectivity index is 1.73. The highest BCUT2D eigenvalue weighted by Gasteiger charge is 2.22. The van der Waals surface area contributed by atoms with E-state index in [1.807, 2.05) is 0 Å². The van der Waals surface area contributed by atoms with Crippen LogP contribution in [-0.2, 0) is 4.79 Å². The first-order valence-corrected chi connectivity index (χ1v) is 7.69. The second-order valence-corrected chi connectivity index (χ2v) is 5.63. The lowest BCUT2D eigenvalue weighted by Gasteiger charge is -2.22. The van der Waals surface area contributed by atoms with E-state index in [1.54, 1.807) is 0 Å². The molecular formula is C16H24FN3O. The first-order chi connectivity index (χ1) is 10.1. The Morgan fingerprint density at radius 2 is 2.33 bits per heavy atom. The number of rotatable bonds is 6. The molecule has 1 unspecified atom stereocenters. The Bertz CT molecular complexity index is 492. The van der Waals surface area contributed by atoms with Gasteiger partial charge in [-0.1, -0.05) is 6.92 Å². The van der Waals surface area contributed by atoms with Gasteiger partial charge in [0.25, 0.3) is 0 Å². The van der Waals surface area contributed by atoms with E-state index in [1.165, 1.54) is 37.5 Å². The highest BCUT2D eigenvalue weighted by atomic mass is 19.1. The van der Waals surface area contributed by atoms with Crippen molar-refractivity contribution in [2.45, 2.75) is 45.1 Å². The van der Waals surface area contributed by atoms with Crippen LogP contribution in [0.2, 0.25) is 0 Å². The Morgan fingerprint density at radius 1 is 1.52 bits per heavy atom. The monoisotopic (exact) mass is 293 g/mol. The average molecular weight is 293 g/mol. The Hall–Kier alpha value is -1.62. The summed E-state index contributed by atoms with van der Waals surface area (Å²) in [7, 11) is 0. The molecule has 21 heavy (non-hydrogen) atoms. The van der Waals surface area contributed by atoms with Crippen LogP contribution in [0.1, 0.15) is 39.0 Å². The van der Waals surface area contributed by atoms with Crippen LogP contribution in [0.25, 0.3) is 0 Å². The van der Waals surface area contributed by atoms with Crippen LogP contribution in [0.5, 0.6) is 0 Å². The maximum absolute atomic E-state index is 13.0. The lowest BCUT2D eigenvalue weighted by atomic mass is 10.1. The number of anilines is 2. The van der Waals surface area contributed by atoms with Gasteiger partial charge in [0, 0.05) is 18.2 Å². The molecule has 1 heterocycles.